The summed E-state index contributed by atoms with van der Waals surface area (Å²) in [5, 5.41) is 10.4. The van der Waals surface area contributed by atoms with Crippen LogP contribution in [0.2, 0.25) is 0 Å². The van der Waals surface area contributed by atoms with Crippen LogP contribution in [0.3, 0.4) is 0 Å². The molecule has 0 aliphatic heterocycles. The second-order valence-corrected chi connectivity index (χ2v) is 9.69. The minimum absolute atomic E-state index is 0.0221. The molecule has 0 atom stereocenters. The molecular formula is C25H24BrN5O4. The average Bonchev–Trinajstić information content (AvgIpc) is 3.60. The van der Waals surface area contributed by atoms with Gasteiger partial charge in [0, 0.05) is 21.8 Å². The van der Waals surface area contributed by atoms with Gasteiger partial charge >= 0.3 is 5.76 Å². The summed E-state index contributed by atoms with van der Waals surface area (Å²) in [6, 6.07) is 12.5. The molecule has 2 heterocycles. The van der Waals surface area contributed by atoms with E-state index >= 15 is 0 Å². The Morgan fingerprint density at radius 1 is 1.06 bits per heavy atom. The highest BCUT2D eigenvalue weighted by Crippen LogP contribution is 2.31. The summed E-state index contributed by atoms with van der Waals surface area (Å²) in [7, 11) is 0. The molecule has 2 aromatic heterocycles. The number of aromatic nitrogens is 3. The highest BCUT2D eigenvalue weighted by molar-refractivity contribution is 9.10. The lowest BCUT2D eigenvalue weighted by Gasteiger charge is -2.10. The van der Waals surface area contributed by atoms with E-state index in [4.69, 9.17) is 0 Å². The van der Waals surface area contributed by atoms with Gasteiger partial charge in [0.1, 0.15) is 5.69 Å². The Kier molecular flexibility index (Phi) is 6.54. The molecule has 9 nitrogen and oxygen atoms in total. The van der Waals surface area contributed by atoms with E-state index in [1.165, 1.54) is 25.7 Å². The molecule has 1 aliphatic rings. The second-order valence-electron chi connectivity index (χ2n) is 8.78. The number of H-pyrrole nitrogens is 2. The number of fused-ring (bicyclic) bond motifs is 1. The summed E-state index contributed by atoms with van der Waals surface area (Å²) >= 11 is 3.39. The summed E-state index contributed by atoms with van der Waals surface area (Å²) in [4.78, 5) is 42.7. The van der Waals surface area contributed by atoms with E-state index < -0.39 is 5.76 Å². The molecule has 4 N–H and O–H groups in total. The highest BCUT2D eigenvalue weighted by atomic mass is 79.9. The molecule has 0 radical (unpaired) electrons. The van der Waals surface area contributed by atoms with Gasteiger partial charge in [0.05, 0.1) is 16.9 Å². The van der Waals surface area contributed by atoms with E-state index in [0.717, 1.165) is 16.3 Å². The summed E-state index contributed by atoms with van der Waals surface area (Å²) in [6.07, 6.45) is 6.35. The van der Waals surface area contributed by atoms with E-state index in [0.29, 0.717) is 40.5 Å². The normalized spacial score (nSPS) is 13.9. The zero-order valence-electron chi connectivity index (χ0n) is 18.8. The molecule has 10 heteroatoms. The molecule has 0 bridgehead atoms. The van der Waals surface area contributed by atoms with Crippen molar-refractivity contribution in [3.05, 3.63) is 63.2 Å². The van der Waals surface area contributed by atoms with Crippen molar-refractivity contribution in [2.75, 3.05) is 10.6 Å². The number of aromatic amines is 2. The zero-order chi connectivity index (χ0) is 24.4. The number of benzene rings is 2. The molecule has 1 aliphatic carbocycles. The summed E-state index contributed by atoms with van der Waals surface area (Å²) in [5.74, 6) is -0.243. The molecule has 4 aromatic rings. The van der Waals surface area contributed by atoms with Crippen molar-refractivity contribution in [3.8, 4) is 11.4 Å². The van der Waals surface area contributed by atoms with Crippen molar-refractivity contribution in [1.82, 2.24) is 15.1 Å². The van der Waals surface area contributed by atoms with Crippen molar-refractivity contribution in [2.45, 2.75) is 38.5 Å². The van der Waals surface area contributed by atoms with Gasteiger partial charge < -0.3 is 15.6 Å². The zero-order valence-corrected chi connectivity index (χ0v) is 20.4. The van der Waals surface area contributed by atoms with Gasteiger partial charge in [-0.05, 0) is 42.7 Å². The van der Waals surface area contributed by atoms with Crippen molar-refractivity contribution in [2.24, 2.45) is 5.92 Å². The molecule has 180 valence electrons. The number of hydrogen-bond donors (Lipinski definition) is 4. The van der Waals surface area contributed by atoms with Crippen LogP contribution >= 0.6 is 15.9 Å². The first-order valence-electron chi connectivity index (χ1n) is 11.5. The third kappa shape index (κ3) is 5.22. The average molecular weight is 538 g/mol. The number of nitrogens with zero attached hydrogens (tertiary/aromatic N) is 1. The van der Waals surface area contributed by atoms with Crippen LogP contribution in [-0.2, 0) is 4.79 Å². The molecule has 0 saturated heterocycles. The van der Waals surface area contributed by atoms with Gasteiger partial charge in [0.2, 0.25) is 5.91 Å². The third-order valence-corrected chi connectivity index (χ3v) is 6.85. The predicted octanol–water partition coefficient (Wildman–Crippen LogP) is 5.43. The number of hydrogen-bond acceptors (Lipinski definition) is 5. The molecule has 2 amide bonds. The van der Waals surface area contributed by atoms with Crippen LogP contribution in [-0.4, -0.2) is 26.9 Å². The van der Waals surface area contributed by atoms with E-state index in [1.807, 2.05) is 18.2 Å². The van der Waals surface area contributed by atoms with Gasteiger partial charge in [-0.3, -0.25) is 19.1 Å². The highest BCUT2D eigenvalue weighted by Gasteiger charge is 2.18. The molecule has 1 fully saturated rings. The number of para-hydroxylation sites is 1. The smallest absolute Gasteiger partial charge is 0.349 e. The second kappa shape index (κ2) is 9.91. The molecule has 0 spiro atoms. The number of halogens is 1. The van der Waals surface area contributed by atoms with Crippen LogP contribution < -0.4 is 16.4 Å². The van der Waals surface area contributed by atoms with Crippen molar-refractivity contribution in [3.63, 3.8) is 0 Å². The molecule has 2 aromatic carbocycles. The fourth-order valence-electron chi connectivity index (χ4n) is 4.59. The fourth-order valence-corrected chi connectivity index (χ4v) is 4.95. The van der Waals surface area contributed by atoms with Gasteiger partial charge in [-0.25, -0.2) is 4.79 Å². The lowest BCUT2D eigenvalue weighted by molar-refractivity contribution is -0.116. The number of nitrogens with one attached hydrogen (secondary N) is 4. The Bertz CT molecular complexity index is 1450. The number of carbonyl (C=O) groups excluding carboxylic acids is 2. The van der Waals surface area contributed by atoms with Gasteiger partial charge in [-0.15, -0.1) is 0 Å². The van der Waals surface area contributed by atoms with Gasteiger partial charge in [-0.1, -0.05) is 58.9 Å². The summed E-state index contributed by atoms with van der Waals surface area (Å²) < 4.78 is 5.35. The maximum Gasteiger partial charge on any atom is 0.439 e. The fraction of sp³-hybridized carbons (Fsp3) is 0.280. The maximum absolute atomic E-state index is 13.1. The van der Waals surface area contributed by atoms with Crippen LogP contribution in [0, 0.1) is 5.92 Å². The Morgan fingerprint density at radius 2 is 1.89 bits per heavy atom. The van der Waals surface area contributed by atoms with Gasteiger partial charge in [-0.2, -0.15) is 0 Å². The minimum atomic E-state index is -0.689. The summed E-state index contributed by atoms with van der Waals surface area (Å²) in [6.45, 7) is 0. The Morgan fingerprint density at radius 3 is 2.66 bits per heavy atom. The molecule has 5 rings (SSSR count). The maximum atomic E-state index is 13.1. The molecule has 1 saturated carbocycles. The quantitative estimate of drug-likeness (QED) is 0.249. The van der Waals surface area contributed by atoms with Crippen molar-refractivity contribution >= 4 is 50.0 Å². The molecule has 35 heavy (non-hydrogen) atoms. The van der Waals surface area contributed by atoms with Crippen molar-refractivity contribution in [1.29, 1.82) is 0 Å². The first-order chi connectivity index (χ1) is 17.0. The van der Waals surface area contributed by atoms with Crippen LogP contribution in [0.1, 0.15) is 49.0 Å². The predicted molar refractivity (Wildman–Crippen MR) is 136 cm³/mol. The van der Waals surface area contributed by atoms with Gasteiger partial charge in [0.15, 0.2) is 5.82 Å². The van der Waals surface area contributed by atoms with Crippen LogP contribution in [0.4, 0.5) is 11.4 Å². The van der Waals surface area contributed by atoms with E-state index in [2.05, 4.69) is 46.2 Å². The Labute approximate surface area is 208 Å². The largest absolute Gasteiger partial charge is 0.439 e. The minimum Gasteiger partial charge on any atom is -0.349 e. The van der Waals surface area contributed by atoms with Gasteiger partial charge in [0.25, 0.3) is 5.91 Å². The number of amides is 2. The van der Waals surface area contributed by atoms with Crippen LogP contribution in [0.5, 0.6) is 0 Å². The Hall–Kier alpha value is -3.66. The molecular weight excluding hydrogens is 514 g/mol. The summed E-state index contributed by atoms with van der Waals surface area (Å²) in [5.41, 5.74) is 2.59. The third-order valence-electron chi connectivity index (χ3n) is 6.35. The molecule has 0 unspecified atom stereocenters. The standard InChI is InChI=1S/C25H24BrN5O4/c26-16-9-10-18(17(13-16)23-30-25(34)35-31-23)29-24(33)20-12-15-6-3-7-19(22(15)28-20)27-21(32)11-8-14-4-1-2-5-14/h3,6-7,9-10,12-14,28H,1-2,4-5,8,11H2,(H,27,32)(H,29,33)(H,30,31,34). The van der Waals surface area contributed by atoms with Crippen molar-refractivity contribution < 1.29 is 14.1 Å². The Balaban J connectivity index is 1.34. The first-order valence-corrected chi connectivity index (χ1v) is 12.3. The lowest BCUT2D eigenvalue weighted by atomic mass is 10.0. The monoisotopic (exact) mass is 537 g/mol. The number of anilines is 2. The van der Waals surface area contributed by atoms with Crippen LogP contribution in [0.25, 0.3) is 22.3 Å². The first kappa shape index (κ1) is 23.1. The lowest BCUT2D eigenvalue weighted by Crippen LogP contribution is -2.14. The van der Waals surface area contributed by atoms with E-state index in [1.54, 1.807) is 24.3 Å². The number of carbonyl (C=O) groups is 2. The SMILES string of the molecule is O=C(CCC1CCCC1)Nc1cccc2cc(C(=O)Nc3ccc(Br)cc3-c3noc(=O)[nH]3)[nH]c12. The van der Waals surface area contributed by atoms with Crippen LogP contribution in [0.15, 0.2) is 56.3 Å². The topological polar surface area (TPSA) is 133 Å². The van der Waals surface area contributed by atoms with E-state index in [-0.39, 0.29) is 17.6 Å². The number of rotatable bonds is 7. The van der Waals surface area contributed by atoms with E-state index in [9.17, 15) is 14.4 Å².